The second-order valence-corrected chi connectivity index (χ2v) is 5.84. The molecule has 0 saturated carbocycles. The van der Waals surface area contributed by atoms with E-state index in [0.29, 0.717) is 6.04 Å². The Hall–Kier alpha value is -0.890. The monoisotopic (exact) mass is 234 g/mol. The first-order valence-corrected chi connectivity index (χ1v) is 6.39. The van der Waals surface area contributed by atoms with Gasteiger partial charge in [-0.3, -0.25) is 4.98 Å². The predicted octanol–water partition coefficient (Wildman–Crippen LogP) is 3.55. The molecular formula is C15H26N2. The molecule has 17 heavy (non-hydrogen) atoms. The molecule has 1 aromatic rings. The van der Waals surface area contributed by atoms with Crippen molar-refractivity contribution in [1.82, 2.24) is 10.3 Å². The van der Waals surface area contributed by atoms with Crippen LogP contribution in [0, 0.1) is 27.7 Å². The Bertz CT molecular complexity index is 417. The highest BCUT2D eigenvalue weighted by molar-refractivity contribution is 5.40. The molecule has 1 N–H and O–H groups in total. The van der Waals surface area contributed by atoms with Gasteiger partial charge in [0.1, 0.15) is 0 Å². The highest BCUT2D eigenvalue weighted by Gasteiger charge is 2.26. The highest BCUT2D eigenvalue weighted by Crippen LogP contribution is 2.27. The summed E-state index contributed by atoms with van der Waals surface area (Å²) in [7, 11) is 0. The minimum atomic E-state index is -0.0819. The van der Waals surface area contributed by atoms with Crippen LogP contribution >= 0.6 is 0 Å². The summed E-state index contributed by atoms with van der Waals surface area (Å²) in [6.45, 7) is 17.4. The van der Waals surface area contributed by atoms with E-state index in [2.05, 4.69) is 60.7 Å². The van der Waals surface area contributed by atoms with Crippen molar-refractivity contribution in [2.45, 2.75) is 67.0 Å². The van der Waals surface area contributed by atoms with Crippen molar-refractivity contribution in [2.24, 2.45) is 0 Å². The maximum absolute atomic E-state index is 4.80. The molecule has 96 valence electrons. The van der Waals surface area contributed by atoms with Gasteiger partial charge >= 0.3 is 0 Å². The molecule has 0 unspecified atom stereocenters. The molecule has 1 heterocycles. The van der Waals surface area contributed by atoms with E-state index in [4.69, 9.17) is 4.98 Å². The Morgan fingerprint density at radius 1 is 0.941 bits per heavy atom. The third kappa shape index (κ3) is 2.86. The topological polar surface area (TPSA) is 24.9 Å². The SMILES string of the molecule is Cc1nc(C(C)(C)NC(C)C)c(C)c(C)c1C. The van der Waals surface area contributed by atoms with E-state index in [1.165, 1.54) is 22.4 Å². The van der Waals surface area contributed by atoms with Crippen LogP contribution in [0.2, 0.25) is 0 Å². The zero-order valence-electron chi connectivity index (χ0n) is 12.5. The lowest BCUT2D eigenvalue weighted by atomic mass is 9.90. The van der Waals surface area contributed by atoms with Gasteiger partial charge in [-0.05, 0) is 58.2 Å². The van der Waals surface area contributed by atoms with Crippen LogP contribution in [-0.4, -0.2) is 11.0 Å². The van der Waals surface area contributed by atoms with Gasteiger partial charge in [0.05, 0.1) is 11.2 Å². The highest BCUT2D eigenvalue weighted by atomic mass is 15.0. The van der Waals surface area contributed by atoms with Gasteiger partial charge in [0.25, 0.3) is 0 Å². The van der Waals surface area contributed by atoms with E-state index in [-0.39, 0.29) is 5.54 Å². The Balaban J connectivity index is 3.32. The van der Waals surface area contributed by atoms with E-state index < -0.39 is 0 Å². The maximum Gasteiger partial charge on any atom is 0.0634 e. The lowest BCUT2D eigenvalue weighted by Crippen LogP contribution is -2.42. The molecule has 0 aliphatic rings. The van der Waals surface area contributed by atoms with Crippen LogP contribution in [0.15, 0.2) is 0 Å². The normalized spacial score (nSPS) is 12.3. The Morgan fingerprint density at radius 3 is 1.94 bits per heavy atom. The molecular weight excluding hydrogens is 208 g/mol. The van der Waals surface area contributed by atoms with Crippen LogP contribution in [0.1, 0.15) is 55.8 Å². The third-order valence-electron chi connectivity index (χ3n) is 3.54. The van der Waals surface area contributed by atoms with Crippen LogP contribution in [0.4, 0.5) is 0 Å². The van der Waals surface area contributed by atoms with Gasteiger partial charge in [0.2, 0.25) is 0 Å². The Kier molecular flexibility index (Phi) is 3.98. The van der Waals surface area contributed by atoms with E-state index >= 15 is 0 Å². The molecule has 0 aliphatic heterocycles. The van der Waals surface area contributed by atoms with Gasteiger partial charge in [-0.2, -0.15) is 0 Å². The first kappa shape index (κ1) is 14.2. The molecule has 0 atom stereocenters. The van der Waals surface area contributed by atoms with Crippen molar-refractivity contribution in [1.29, 1.82) is 0 Å². The quantitative estimate of drug-likeness (QED) is 0.865. The zero-order chi connectivity index (χ0) is 13.4. The number of nitrogens with zero attached hydrogens (tertiary/aromatic N) is 1. The summed E-state index contributed by atoms with van der Waals surface area (Å²) in [5, 5.41) is 3.59. The van der Waals surface area contributed by atoms with Gasteiger partial charge < -0.3 is 5.32 Å². The van der Waals surface area contributed by atoms with Crippen LogP contribution in [0.25, 0.3) is 0 Å². The van der Waals surface area contributed by atoms with Gasteiger partial charge in [-0.25, -0.2) is 0 Å². The fourth-order valence-corrected chi connectivity index (χ4v) is 2.46. The van der Waals surface area contributed by atoms with E-state index in [0.717, 1.165) is 5.69 Å². The summed E-state index contributed by atoms with van der Waals surface area (Å²) in [6, 6.07) is 0.452. The van der Waals surface area contributed by atoms with E-state index in [9.17, 15) is 0 Å². The average molecular weight is 234 g/mol. The lowest BCUT2D eigenvalue weighted by molar-refractivity contribution is 0.354. The molecule has 1 rings (SSSR count). The summed E-state index contributed by atoms with van der Waals surface area (Å²) in [6.07, 6.45) is 0. The van der Waals surface area contributed by atoms with E-state index in [1.807, 2.05) is 0 Å². The van der Waals surface area contributed by atoms with Crippen molar-refractivity contribution in [3.05, 3.63) is 28.1 Å². The number of hydrogen-bond donors (Lipinski definition) is 1. The minimum absolute atomic E-state index is 0.0819. The second kappa shape index (κ2) is 4.77. The second-order valence-electron chi connectivity index (χ2n) is 5.84. The van der Waals surface area contributed by atoms with Gasteiger partial charge in [0.15, 0.2) is 0 Å². The number of hydrogen-bond acceptors (Lipinski definition) is 2. The minimum Gasteiger partial charge on any atom is -0.304 e. The first-order valence-electron chi connectivity index (χ1n) is 6.39. The molecule has 0 fully saturated rings. The molecule has 1 aromatic heterocycles. The van der Waals surface area contributed by atoms with Crippen molar-refractivity contribution < 1.29 is 0 Å². The summed E-state index contributed by atoms with van der Waals surface area (Å²) < 4.78 is 0. The third-order valence-corrected chi connectivity index (χ3v) is 3.54. The molecule has 0 aromatic carbocycles. The average Bonchev–Trinajstić information content (AvgIpc) is 2.18. The fourth-order valence-electron chi connectivity index (χ4n) is 2.46. The summed E-state index contributed by atoms with van der Waals surface area (Å²) >= 11 is 0. The fraction of sp³-hybridized carbons (Fsp3) is 0.667. The van der Waals surface area contributed by atoms with Gasteiger partial charge in [0, 0.05) is 11.7 Å². The molecule has 0 amide bonds. The summed E-state index contributed by atoms with van der Waals surface area (Å²) in [4.78, 5) is 4.80. The molecule has 0 radical (unpaired) electrons. The van der Waals surface area contributed by atoms with Crippen molar-refractivity contribution in [3.8, 4) is 0 Å². The van der Waals surface area contributed by atoms with Crippen LogP contribution in [-0.2, 0) is 5.54 Å². The number of aromatic nitrogens is 1. The van der Waals surface area contributed by atoms with Crippen LogP contribution in [0.5, 0.6) is 0 Å². The number of pyridine rings is 1. The van der Waals surface area contributed by atoms with Gasteiger partial charge in [-0.15, -0.1) is 0 Å². The lowest BCUT2D eigenvalue weighted by Gasteiger charge is -2.31. The molecule has 2 heteroatoms. The molecule has 0 aliphatic carbocycles. The Labute approximate surface area is 106 Å². The number of aryl methyl sites for hydroxylation is 1. The van der Waals surface area contributed by atoms with Crippen molar-refractivity contribution >= 4 is 0 Å². The number of nitrogens with one attached hydrogen (secondary N) is 1. The predicted molar refractivity (Wildman–Crippen MR) is 74.5 cm³/mol. The largest absolute Gasteiger partial charge is 0.304 e. The van der Waals surface area contributed by atoms with E-state index in [1.54, 1.807) is 0 Å². The number of rotatable bonds is 3. The molecule has 0 spiro atoms. The van der Waals surface area contributed by atoms with Crippen LogP contribution in [0.3, 0.4) is 0 Å². The van der Waals surface area contributed by atoms with Crippen molar-refractivity contribution in [3.63, 3.8) is 0 Å². The maximum atomic E-state index is 4.80. The smallest absolute Gasteiger partial charge is 0.0634 e. The molecule has 0 bridgehead atoms. The van der Waals surface area contributed by atoms with Gasteiger partial charge in [-0.1, -0.05) is 13.8 Å². The summed E-state index contributed by atoms with van der Waals surface area (Å²) in [5.74, 6) is 0. The molecule has 0 saturated heterocycles. The zero-order valence-corrected chi connectivity index (χ0v) is 12.5. The first-order chi connectivity index (χ1) is 7.66. The molecule has 2 nitrogen and oxygen atoms in total. The van der Waals surface area contributed by atoms with Crippen molar-refractivity contribution in [2.75, 3.05) is 0 Å². The van der Waals surface area contributed by atoms with Crippen LogP contribution < -0.4 is 5.32 Å². The standard InChI is InChI=1S/C15H26N2/c1-9(2)17-15(7,8)14-12(5)10(3)11(4)13(6)16-14/h9,17H,1-8H3. The Morgan fingerprint density at radius 2 is 1.47 bits per heavy atom. The summed E-state index contributed by atoms with van der Waals surface area (Å²) in [5.41, 5.74) is 6.22.